The van der Waals surface area contributed by atoms with Gasteiger partial charge in [-0.1, -0.05) is 25.1 Å². The Balaban J connectivity index is 1.93. The minimum atomic E-state index is -0.130. The lowest BCUT2D eigenvalue weighted by Crippen LogP contribution is -2.24. The summed E-state index contributed by atoms with van der Waals surface area (Å²) in [7, 11) is 0. The first kappa shape index (κ1) is 18.5. The van der Waals surface area contributed by atoms with Crippen LogP contribution in [0.1, 0.15) is 34.8 Å². The second-order valence-electron chi connectivity index (χ2n) is 5.99. The molecular formula is C20H25N3O2. The van der Waals surface area contributed by atoms with Crippen LogP contribution in [0, 0.1) is 13.8 Å². The summed E-state index contributed by atoms with van der Waals surface area (Å²) in [6.07, 6.45) is 0.891. The van der Waals surface area contributed by atoms with Crippen molar-refractivity contribution < 1.29 is 9.59 Å². The van der Waals surface area contributed by atoms with Crippen LogP contribution in [0.15, 0.2) is 42.5 Å². The molecule has 0 atom stereocenters. The minimum Gasteiger partial charge on any atom is -0.376 e. The first-order chi connectivity index (χ1) is 12.0. The standard InChI is InChI=1S/C20H25N3O2/c1-4-11-21-20(25)16-8-6-9-17(12-16)22-13-19(24)23-18-10-5-7-14(2)15(18)3/h5-10,12,22H,4,11,13H2,1-3H3,(H,21,25)(H,23,24). The van der Waals surface area contributed by atoms with Crippen molar-refractivity contribution in [3.8, 4) is 0 Å². The monoisotopic (exact) mass is 339 g/mol. The third-order valence-corrected chi connectivity index (χ3v) is 3.99. The van der Waals surface area contributed by atoms with E-state index >= 15 is 0 Å². The molecule has 0 heterocycles. The number of benzene rings is 2. The third-order valence-electron chi connectivity index (χ3n) is 3.99. The van der Waals surface area contributed by atoms with E-state index < -0.39 is 0 Å². The Labute approximate surface area is 148 Å². The van der Waals surface area contributed by atoms with Crippen LogP contribution in [-0.2, 0) is 4.79 Å². The molecule has 2 aromatic rings. The molecule has 25 heavy (non-hydrogen) atoms. The largest absolute Gasteiger partial charge is 0.376 e. The van der Waals surface area contributed by atoms with Gasteiger partial charge in [-0.05, 0) is 55.7 Å². The molecular weight excluding hydrogens is 314 g/mol. The number of carbonyl (C=O) groups is 2. The van der Waals surface area contributed by atoms with Crippen LogP contribution in [0.4, 0.5) is 11.4 Å². The van der Waals surface area contributed by atoms with Crippen molar-refractivity contribution in [2.24, 2.45) is 0 Å². The molecule has 0 spiro atoms. The van der Waals surface area contributed by atoms with Gasteiger partial charge in [-0.2, -0.15) is 0 Å². The lowest BCUT2D eigenvalue weighted by Gasteiger charge is -2.12. The van der Waals surface area contributed by atoms with Gasteiger partial charge in [-0.3, -0.25) is 9.59 Å². The number of carbonyl (C=O) groups excluding carboxylic acids is 2. The van der Waals surface area contributed by atoms with E-state index in [0.717, 1.165) is 28.9 Å². The molecule has 0 aliphatic carbocycles. The molecule has 5 heteroatoms. The quantitative estimate of drug-likeness (QED) is 0.723. The molecule has 3 N–H and O–H groups in total. The highest BCUT2D eigenvalue weighted by Crippen LogP contribution is 2.18. The summed E-state index contributed by atoms with van der Waals surface area (Å²) >= 11 is 0. The molecule has 0 saturated carbocycles. The fraction of sp³-hybridized carbons (Fsp3) is 0.300. The van der Waals surface area contributed by atoms with E-state index in [1.807, 2.05) is 45.0 Å². The highest BCUT2D eigenvalue weighted by atomic mass is 16.2. The summed E-state index contributed by atoms with van der Waals surface area (Å²) in [5.74, 6) is -0.236. The Kier molecular flexibility index (Phi) is 6.57. The number of anilines is 2. The lowest BCUT2D eigenvalue weighted by atomic mass is 10.1. The van der Waals surface area contributed by atoms with Crippen molar-refractivity contribution in [3.05, 3.63) is 59.2 Å². The summed E-state index contributed by atoms with van der Waals surface area (Å²) in [6, 6.07) is 13.0. The normalized spacial score (nSPS) is 10.2. The van der Waals surface area contributed by atoms with Crippen LogP contribution < -0.4 is 16.0 Å². The number of amides is 2. The van der Waals surface area contributed by atoms with Crippen molar-refractivity contribution in [1.82, 2.24) is 5.32 Å². The van der Waals surface area contributed by atoms with E-state index in [0.29, 0.717) is 12.1 Å². The smallest absolute Gasteiger partial charge is 0.251 e. The average Bonchev–Trinajstić information content (AvgIpc) is 2.62. The van der Waals surface area contributed by atoms with Gasteiger partial charge in [0.2, 0.25) is 5.91 Å². The number of rotatable bonds is 7. The van der Waals surface area contributed by atoms with Gasteiger partial charge in [0, 0.05) is 23.5 Å². The minimum absolute atomic E-state index is 0.106. The van der Waals surface area contributed by atoms with E-state index in [2.05, 4.69) is 16.0 Å². The highest BCUT2D eigenvalue weighted by Gasteiger charge is 2.08. The Morgan fingerprint density at radius 3 is 2.56 bits per heavy atom. The van der Waals surface area contributed by atoms with Gasteiger partial charge in [0.25, 0.3) is 5.91 Å². The van der Waals surface area contributed by atoms with Crippen LogP contribution in [0.25, 0.3) is 0 Å². The van der Waals surface area contributed by atoms with Crippen molar-refractivity contribution >= 4 is 23.2 Å². The zero-order valence-corrected chi connectivity index (χ0v) is 15.0. The first-order valence-corrected chi connectivity index (χ1v) is 8.49. The molecule has 2 aromatic carbocycles. The molecule has 0 aromatic heterocycles. The van der Waals surface area contributed by atoms with Gasteiger partial charge in [0.1, 0.15) is 0 Å². The average molecular weight is 339 g/mol. The summed E-state index contributed by atoms with van der Waals surface area (Å²) in [5, 5.41) is 8.80. The van der Waals surface area contributed by atoms with Crippen LogP contribution in [0.3, 0.4) is 0 Å². The molecule has 0 bridgehead atoms. The topological polar surface area (TPSA) is 70.2 Å². The van der Waals surface area contributed by atoms with Gasteiger partial charge >= 0.3 is 0 Å². The maximum Gasteiger partial charge on any atom is 0.251 e. The fourth-order valence-corrected chi connectivity index (χ4v) is 2.37. The van der Waals surface area contributed by atoms with Gasteiger partial charge < -0.3 is 16.0 Å². The Morgan fingerprint density at radius 1 is 1.04 bits per heavy atom. The van der Waals surface area contributed by atoms with Crippen LogP contribution in [0.2, 0.25) is 0 Å². The first-order valence-electron chi connectivity index (χ1n) is 8.49. The number of hydrogen-bond acceptors (Lipinski definition) is 3. The number of hydrogen-bond donors (Lipinski definition) is 3. The van der Waals surface area contributed by atoms with Gasteiger partial charge in [-0.15, -0.1) is 0 Å². The van der Waals surface area contributed by atoms with Crippen molar-refractivity contribution in [2.75, 3.05) is 23.7 Å². The second kappa shape index (κ2) is 8.87. The number of nitrogens with one attached hydrogen (secondary N) is 3. The van der Waals surface area contributed by atoms with E-state index in [9.17, 15) is 9.59 Å². The Morgan fingerprint density at radius 2 is 1.80 bits per heavy atom. The molecule has 0 fully saturated rings. The molecule has 0 unspecified atom stereocenters. The molecule has 0 aliphatic heterocycles. The molecule has 2 amide bonds. The van der Waals surface area contributed by atoms with E-state index in [4.69, 9.17) is 0 Å². The summed E-state index contributed by atoms with van der Waals surface area (Å²) < 4.78 is 0. The summed E-state index contributed by atoms with van der Waals surface area (Å²) in [5.41, 5.74) is 4.33. The molecule has 5 nitrogen and oxygen atoms in total. The van der Waals surface area contributed by atoms with Gasteiger partial charge in [-0.25, -0.2) is 0 Å². The van der Waals surface area contributed by atoms with Crippen molar-refractivity contribution in [3.63, 3.8) is 0 Å². The maximum atomic E-state index is 12.2. The van der Waals surface area contributed by atoms with Gasteiger partial charge in [0.15, 0.2) is 0 Å². The Bertz CT molecular complexity index is 756. The zero-order chi connectivity index (χ0) is 18.2. The second-order valence-corrected chi connectivity index (χ2v) is 5.99. The Hall–Kier alpha value is -2.82. The van der Waals surface area contributed by atoms with Crippen LogP contribution in [0.5, 0.6) is 0 Å². The summed E-state index contributed by atoms with van der Waals surface area (Å²) in [6.45, 7) is 6.78. The maximum absolute atomic E-state index is 12.2. The zero-order valence-electron chi connectivity index (χ0n) is 15.0. The predicted molar refractivity (Wildman–Crippen MR) is 102 cm³/mol. The molecule has 2 rings (SSSR count). The van der Waals surface area contributed by atoms with Gasteiger partial charge in [0.05, 0.1) is 6.54 Å². The predicted octanol–water partition coefficient (Wildman–Crippen LogP) is 3.49. The molecule has 0 aliphatic rings. The van der Waals surface area contributed by atoms with E-state index in [-0.39, 0.29) is 18.4 Å². The van der Waals surface area contributed by atoms with Crippen molar-refractivity contribution in [2.45, 2.75) is 27.2 Å². The number of aryl methyl sites for hydroxylation is 1. The SMILES string of the molecule is CCCNC(=O)c1cccc(NCC(=O)Nc2cccc(C)c2C)c1. The van der Waals surface area contributed by atoms with E-state index in [1.165, 1.54) is 0 Å². The fourth-order valence-electron chi connectivity index (χ4n) is 2.37. The van der Waals surface area contributed by atoms with Crippen LogP contribution >= 0.6 is 0 Å². The highest BCUT2D eigenvalue weighted by molar-refractivity contribution is 5.96. The van der Waals surface area contributed by atoms with E-state index in [1.54, 1.807) is 18.2 Å². The molecule has 0 radical (unpaired) electrons. The lowest BCUT2D eigenvalue weighted by molar-refractivity contribution is -0.114. The summed E-state index contributed by atoms with van der Waals surface area (Å²) in [4.78, 5) is 24.1. The third kappa shape index (κ3) is 5.35. The van der Waals surface area contributed by atoms with Crippen LogP contribution in [-0.4, -0.2) is 24.9 Å². The van der Waals surface area contributed by atoms with Crippen molar-refractivity contribution in [1.29, 1.82) is 0 Å². The molecule has 0 saturated heterocycles. The molecule has 132 valence electrons.